The van der Waals surface area contributed by atoms with Crippen LogP contribution in [0.2, 0.25) is 0 Å². The van der Waals surface area contributed by atoms with Crippen molar-refractivity contribution in [2.24, 2.45) is 5.11 Å². The van der Waals surface area contributed by atoms with Crippen LogP contribution in [-0.2, 0) is 0 Å². The number of azide groups is 1. The predicted octanol–water partition coefficient (Wildman–Crippen LogP) is 1.41. The first kappa shape index (κ1) is 11.1. The molecule has 7 nitrogen and oxygen atoms in total. The van der Waals surface area contributed by atoms with Gasteiger partial charge in [0.1, 0.15) is 0 Å². The minimum absolute atomic E-state index is 0.221. The number of carbonyl (C=O) groups is 1. The van der Waals surface area contributed by atoms with Gasteiger partial charge in [0.2, 0.25) is 5.76 Å². The van der Waals surface area contributed by atoms with Gasteiger partial charge in [-0.2, -0.15) is 0 Å². The van der Waals surface area contributed by atoms with Crippen LogP contribution in [0.3, 0.4) is 0 Å². The Balaban J connectivity index is 2.31. The molecule has 1 N–H and O–H groups in total. The van der Waals surface area contributed by atoms with Crippen LogP contribution in [-0.4, -0.2) is 24.0 Å². The summed E-state index contributed by atoms with van der Waals surface area (Å²) in [6.45, 7) is 2.50. The topological polar surface area (TPSA) is 104 Å². The van der Waals surface area contributed by atoms with E-state index >= 15 is 0 Å². The predicted molar refractivity (Wildman–Crippen MR) is 52.2 cm³/mol. The van der Waals surface area contributed by atoms with Crippen LogP contribution < -0.4 is 5.32 Å². The average molecular weight is 209 g/mol. The Morgan fingerprint density at radius 2 is 2.60 bits per heavy atom. The van der Waals surface area contributed by atoms with Crippen LogP contribution in [0.5, 0.6) is 0 Å². The smallest absolute Gasteiger partial charge is 0.288 e. The molecule has 1 aromatic heterocycles. The number of carbonyl (C=O) groups excluding carboxylic acids is 1. The molecule has 0 aromatic carbocycles. The summed E-state index contributed by atoms with van der Waals surface area (Å²) in [5.41, 5.74) is 8.57. The Morgan fingerprint density at radius 1 is 1.80 bits per heavy atom. The Bertz CT molecular complexity index is 380. The summed E-state index contributed by atoms with van der Waals surface area (Å²) >= 11 is 0. The normalized spacial score (nSPS) is 9.40. The van der Waals surface area contributed by atoms with E-state index in [9.17, 15) is 4.79 Å². The number of oxazole rings is 1. The van der Waals surface area contributed by atoms with Gasteiger partial charge in [0.25, 0.3) is 5.91 Å². The molecule has 1 amide bonds. The molecule has 0 aliphatic carbocycles. The van der Waals surface area contributed by atoms with Crippen LogP contribution in [0.25, 0.3) is 10.4 Å². The summed E-state index contributed by atoms with van der Waals surface area (Å²) in [6.07, 6.45) is 1.83. The number of amides is 1. The fraction of sp³-hybridized carbons (Fsp3) is 0.500. The molecule has 0 aliphatic rings. The van der Waals surface area contributed by atoms with Crippen LogP contribution in [0.15, 0.2) is 15.9 Å². The van der Waals surface area contributed by atoms with Crippen molar-refractivity contribution in [2.45, 2.75) is 13.3 Å². The van der Waals surface area contributed by atoms with Crippen molar-refractivity contribution in [1.82, 2.24) is 10.3 Å². The molecule has 0 spiro atoms. The number of aromatic nitrogens is 1. The lowest BCUT2D eigenvalue weighted by Gasteiger charge is -2.00. The number of hydrogen-bond acceptors (Lipinski definition) is 4. The molecule has 15 heavy (non-hydrogen) atoms. The van der Waals surface area contributed by atoms with E-state index in [-0.39, 0.29) is 11.7 Å². The monoisotopic (exact) mass is 209 g/mol. The summed E-state index contributed by atoms with van der Waals surface area (Å²) in [5, 5.41) is 5.97. The van der Waals surface area contributed by atoms with Crippen LogP contribution in [0.4, 0.5) is 0 Å². The summed E-state index contributed by atoms with van der Waals surface area (Å²) in [5.74, 6) is -0.0790. The first-order valence-corrected chi connectivity index (χ1v) is 4.45. The molecule has 0 radical (unpaired) electrons. The second kappa shape index (κ2) is 5.66. The third-order valence-electron chi connectivity index (χ3n) is 1.74. The fourth-order valence-corrected chi connectivity index (χ4v) is 0.997. The zero-order valence-corrected chi connectivity index (χ0v) is 8.30. The van der Waals surface area contributed by atoms with Crippen molar-refractivity contribution in [3.63, 3.8) is 0 Å². The highest BCUT2D eigenvalue weighted by atomic mass is 16.3. The van der Waals surface area contributed by atoms with E-state index in [1.165, 1.54) is 6.39 Å². The maximum atomic E-state index is 11.4. The standard InChI is InChI=1S/C8H11N5O2/c1-6-7(15-5-11-6)8(14)10-3-2-4-12-13-9/h5H,2-4H2,1H3,(H,10,14). The molecule has 0 aliphatic heterocycles. The molecule has 80 valence electrons. The van der Waals surface area contributed by atoms with Crippen molar-refractivity contribution in [3.8, 4) is 0 Å². The van der Waals surface area contributed by atoms with Gasteiger partial charge in [-0.1, -0.05) is 5.11 Å². The molecular weight excluding hydrogens is 198 g/mol. The molecule has 1 heterocycles. The minimum Gasteiger partial charge on any atom is -0.438 e. The lowest BCUT2D eigenvalue weighted by Crippen LogP contribution is -2.25. The molecule has 0 fully saturated rings. The molecule has 1 rings (SSSR count). The third-order valence-corrected chi connectivity index (χ3v) is 1.74. The summed E-state index contributed by atoms with van der Waals surface area (Å²) in [7, 11) is 0. The Labute approximate surface area is 86.1 Å². The van der Waals surface area contributed by atoms with Gasteiger partial charge in [0.05, 0.1) is 5.69 Å². The quantitative estimate of drug-likeness (QED) is 0.343. The number of rotatable bonds is 5. The van der Waals surface area contributed by atoms with Gasteiger partial charge in [-0.3, -0.25) is 4.79 Å². The molecule has 0 bridgehead atoms. The van der Waals surface area contributed by atoms with Crippen molar-refractivity contribution in [2.75, 3.05) is 13.1 Å². The highest BCUT2D eigenvalue weighted by molar-refractivity contribution is 5.92. The van der Waals surface area contributed by atoms with Crippen LogP contribution in [0, 0.1) is 6.92 Å². The molecule has 1 aromatic rings. The third kappa shape index (κ3) is 3.32. The van der Waals surface area contributed by atoms with Gasteiger partial charge in [-0.05, 0) is 18.9 Å². The summed E-state index contributed by atoms with van der Waals surface area (Å²) in [6, 6.07) is 0. The van der Waals surface area contributed by atoms with Gasteiger partial charge < -0.3 is 9.73 Å². The first-order valence-electron chi connectivity index (χ1n) is 4.45. The number of nitrogens with one attached hydrogen (secondary N) is 1. The van der Waals surface area contributed by atoms with E-state index in [4.69, 9.17) is 9.95 Å². The molecule has 0 unspecified atom stereocenters. The van der Waals surface area contributed by atoms with E-state index in [2.05, 4.69) is 20.3 Å². The van der Waals surface area contributed by atoms with Gasteiger partial charge in [0.15, 0.2) is 6.39 Å². The first-order chi connectivity index (χ1) is 7.25. The Morgan fingerprint density at radius 3 is 3.20 bits per heavy atom. The molecule has 0 saturated heterocycles. The Kier molecular flexibility index (Phi) is 4.18. The average Bonchev–Trinajstić information content (AvgIpc) is 2.64. The molecule has 0 saturated carbocycles. The van der Waals surface area contributed by atoms with Gasteiger partial charge in [-0.25, -0.2) is 4.98 Å². The van der Waals surface area contributed by atoms with E-state index in [0.717, 1.165) is 0 Å². The molecular formula is C8H11N5O2. The number of aryl methyl sites for hydroxylation is 1. The van der Waals surface area contributed by atoms with E-state index in [0.29, 0.717) is 25.2 Å². The molecule has 7 heteroatoms. The number of hydrogen-bond donors (Lipinski definition) is 1. The Hall–Kier alpha value is -2.01. The lowest BCUT2D eigenvalue weighted by atomic mass is 10.3. The second-order valence-electron chi connectivity index (χ2n) is 2.83. The zero-order valence-electron chi connectivity index (χ0n) is 8.30. The lowest BCUT2D eigenvalue weighted by molar-refractivity contribution is 0.0925. The van der Waals surface area contributed by atoms with E-state index < -0.39 is 0 Å². The molecule has 0 atom stereocenters. The minimum atomic E-state index is -0.300. The maximum Gasteiger partial charge on any atom is 0.288 e. The van der Waals surface area contributed by atoms with Crippen molar-refractivity contribution >= 4 is 5.91 Å². The van der Waals surface area contributed by atoms with Crippen molar-refractivity contribution < 1.29 is 9.21 Å². The van der Waals surface area contributed by atoms with E-state index in [1.807, 2.05) is 0 Å². The highest BCUT2D eigenvalue weighted by Gasteiger charge is 2.12. The summed E-state index contributed by atoms with van der Waals surface area (Å²) in [4.78, 5) is 17.8. The zero-order chi connectivity index (χ0) is 11.1. The fourth-order valence-electron chi connectivity index (χ4n) is 0.997. The number of nitrogens with zero attached hydrogens (tertiary/aromatic N) is 4. The van der Waals surface area contributed by atoms with Crippen LogP contribution in [0.1, 0.15) is 22.7 Å². The van der Waals surface area contributed by atoms with E-state index in [1.54, 1.807) is 6.92 Å². The van der Waals surface area contributed by atoms with Crippen molar-refractivity contribution in [1.29, 1.82) is 0 Å². The van der Waals surface area contributed by atoms with Gasteiger partial charge in [0, 0.05) is 18.0 Å². The second-order valence-corrected chi connectivity index (χ2v) is 2.83. The highest BCUT2D eigenvalue weighted by Crippen LogP contribution is 2.03. The van der Waals surface area contributed by atoms with Crippen LogP contribution >= 0.6 is 0 Å². The largest absolute Gasteiger partial charge is 0.438 e. The SMILES string of the molecule is Cc1ncoc1C(=O)NCCCN=[N+]=[N-]. The maximum absolute atomic E-state index is 11.4. The summed E-state index contributed by atoms with van der Waals surface area (Å²) < 4.78 is 4.90. The van der Waals surface area contributed by atoms with Crippen molar-refractivity contribution in [3.05, 3.63) is 28.3 Å². The van der Waals surface area contributed by atoms with Gasteiger partial charge >= 0.3 is 0 Å². The van der Waals surface area contributed by atoms with Gasteiger partial charge in [-0.15, -0.1) is 0 Å².